The molecule has 0 bridgehead atoms. The predicted octanol–water partition coefficient (Wildman–Crippen LogP) is 1.58. The van der Waals surface area contributed by atoms with E-state index in [4.69, 9.17) is 4.84 Å². The Kier molecular flexibility index (Phi) is 12.9. The zero-order chi connectivity index (χ0) is 25.5. The molecule has 0 radical (unpaired) electrons. The summed E-state index contributed by atoms with van der Waals surface area (Å²) in [4.78, 5) is 65.4. The number of amides is 2. The molecule has 1 aromatic carbocycles. The number of hydrogen-bond acceptors (Lipinski definition) is 7. The summed E-state index contributed by atoms with van der Waals surface area (Å²) >= 11 is 0. The van der Waals surface area contributed by atoms with Crippen LogP contribution >= 0.6 is 0 Å². The molecule has 0 aliphatic heterocycles. The lowest BCUT2D eigenvalue weighted by Gasteiger charge is -2.23. The number of nitrogens with zero attached hydrogens (tertiary/aromatic N) is 1. The van der Waals surface area contributed by atoms with Crippen molar-refractivity contribution in [3.63, 3.8) is 0 Å². The zero-order valence-corrected chi connectivity index (χ0v) is 19.5. The summed E-state index contributed by atoms with van der Waals surface area (Å²) in [6, 6.07) is 5.62. The van der Waals surface area contributed by atoms with Gasteiger partial charge in [-0.15, -0.1) is 5.06 Å². The van der Waals surface area contributed by atoms with Gasteiger partial charge in [0.15, 0.2) is 0 Å². The number of carbonyl (C=O) groups is 5. The van der Waals surface area contributed by atoms with E-state index in [-0.39, 0.29) is 18.4 Å². The summed E-state index contributed by atoms with van der Waals surface area (Å²) in [6.45, 7) is 2.53. The summed E-state index contributed by atoms with van der Waals surface area (Å²) in [6.07, 6.45) is 3.09. The van der Waals surface area contributed by atoms with Crippen molar-refractivity contribution in [3.8, 4) is 0 Å². The largest absolute Gasteiger partial charge is 0.480 e. The van der Waals surface area contributed by atoms with Gasteiger partial charge in [0.2, 0.25) is 11.8 Å². The Balaban J connectivity index is 2.91. The fraction of sp³-hybridized carbons (Fsp3) is 0.522. The van der Waals surface area contributed by atoms with E-state index in [1.54, 1.807) is 18.2 Å². The first-order valence-corrected chi connectivity index (χ1v) is 11.2. The predicted molar refractivity (Wildman–Crippen MR) is 122 cm³/mol. The van der Waals surface area contributed by atoms with Gasteiger partial charge in [-0.25, -0.2) is 14.4 Å². The van der Waals surface area contributed by atoms with E-state index in [9.17, 15) is 34.2 Å². The van der Waals surface area contributed by atoms with E-state index in [1.165, 1.54) is 12.1 Å². The molecule has 0 unspecified atom stereocenters. The number of carbonyl (C=O) groups excluding carboxylic acids is 3. The molecular formula is C23H33N3O8. The molecule has 0 saturated carbocycles. The first kappa shape index (κ1) is 28.6. The van der Waals surface area contributed by atoms with Crippen LogP contribution in [0.3, 0.4) is 0 Å². The number of unbranched alkanes of at least 4 members (excludes halogenated alkanes) is 2. The topological polar surface area (TPSA) is 162 Å². The molecule has 1 rings (SSSR count). The number of hydroxylamine groups is 2. The molecule has 34 heavy (non-hydrogen) atoms. The van der Waals surface area contributed by atoms with Gasteiger partial charge in [0, 0.05) is 0 Å². The molecule has 1 aromatic rings. The molecule has 188 valence electrons. The quantitative estimate of drug-likeness (QED) is 0.258. The van der Waals surface area contributed by atoms with Crippen molar-refractivity contribution in [1.29, 1.82) is 0 Å². The van der Waals surface area contributed by atoms with Crippen molar-refractivity contribution < 1.29 is 39.0 Å². The van der Waals surface area contributed by atoms with E-state index in [2.05, 4.69) is 10.6 Å². The number of rotatable bonds is 16. The molecule has 4 N–H and O–H groups in total. The third kappa shape index (κ3) is 10.9. The van der Waals surface area contributed by atoms with Crippen LogP contribution in [-0.4, -0.2) is 70.2 Å². The summed E-state index contributed by atoms with van der Waals surface area (Å²) in [5, 5.41) is 24.1. The highest BCUT2D eigenvalue weighted by Crippen LogP contribution is 2.06. The molecule has 0 fully saturated rings. The Bertz CT molecular complexity index is 789. The van der Waals surface area contributed by atoms with Crippen LogP contribution in [0.5, 0.6) is 0 Å². The number of carboxylic acids is 2. The molecule has 0 spiro atoms. The fourth-order valence-corrected chi connectivity index (χ4v) is 3.00. The van der Waals surface area contributed by atoms with E-state index < -0.39 is 54.9 Å². The van der Waals surface area contributed by atoms with Crippen LogP contribution < -0.4 is 10.6 Å². The van der Waals surface area contributed by atoms with Crippen LogP contribution in [0, 0.1) is 0 Å². The Morgan fingerprint density at radius 1 is 0.824 bits per heavy atom. The summed E-state index contributed by atoms with van der Waals surface area (Å²) in [5.74, 6) is -4.77. The molecule has 0 aliphatic rings. The average molecular weight is 480 g/mol. The van der Waals surface area contributed by atoms with Crippen molar-refractivity contribution >= 4 is 29.7 Å². The van der Waals surface area contributed by atoms with Gasteiger partial charge in [0.1, 0.15) is 25.2 Å². The lowest BCUT2D eigenvalue weighted by atomic mass is 10.1. The highest BCUT2D eigenvalue weighted by Gasteiger charge is 2.26. The maximum absolute atomic E-state index is 12.5. The van der Waals surface area contributed by atoms with Crippen LogP contribution in [0.15, 0.2) is 30.3 Å². The Morgan fingerprint density at radius 3 is 1.65 bits per heavy atom. The molecule has 11 heteroatoms. The standard InChI is InChI=1S/C23H33N3O8/c1-3-5-12-17(21(29)30)24-19(27)14-26(34-23(33)16-10-8-7-9-11-16)15-20(28)25-18(22(31)32)13-6-4-2/h7-11,17-18H,3-6,12-15H2,1-2H3,(H,24,27)(H,25,28)(H,29,30)(H,31,32)/t17-,18-/m0/s1. The second kappa shape index (κ2) is 15.4. The SMILES string of the molecule is CCCC[C@H](NC(=O)CN(CC(=O)N[C@@H](CCCC)C(=O)O)OC(=O)c1ccccc1)C(=O)O. The number of carboxylic acid groups (broad SMARTS) is 2. The van der Waals surface area contributed by atoms with Gasteiger partial charge in [0.25, 0.3) is 0 Å². The second-order valence-corrected chi connectivity index (χ2v) is 7.74. The monoisotopic (exact) mass is 479 g/mol. The number of nitrogens with one attached hydrogen (secondary N) is 2. The highest BCUT2D eigenvalue weighted by atomic mass is 16.7. The molecule has 0 saturated heterocycles. The van der Waals surface area contributed by atoms with Crippen LogP contribution in [0.25, 0.3) is 0 Å². The average Bonchev–Trinajstić information content (AvgIpc) is 2.79. The van der Waals surface area contributed by atoms with E-state index in [0.717, 1.165) is 17.9 Å². The number of hydrogen-bond donors (Lipinski definition) is 4. The van der Waals surface area contributed by atoms with Crippen molar-refractivity contribution in [1.82, 2.24) is 15.7 Å². The van der Waals surface area contributed by atoms with Crippen molar-refractivity contribution in [3.05, 3.63) is 35.9 Å². The molecule has 2 amide bonds. The van der Waals surface area contributed by atoms with Gasteiger partial charge in [-0.2, -0.15) is 0 Å². The van der Waals surface area contributed by atoms with Crippen LogP contribution in [0.2, 0.25) is 0 Å². The van der Waals surface area contributed by atoms with Crippen LogP contribution in [0.4, 0.5) is 0 Å². The molecular weight excluding hydrogens is 446 g/mol. The summed E-state index contributed by atoms with van der Waals surface area (Å²) in [5.41, 5.74) is 0.172. The minimum atomic E-state index is -1.20. The smallest absolute Gasteiger partial charge is 0.357 e. The maximum atomic E-state index is 12.5. The molecule has 0 aromatic heterocycles. The maximum Gasteiger partial charge on any atom is 0.357 e. The number of aliphatic carboxylic acids is 2. The van der Waals surface area contributed by atoms with Crippen LogP contribution in [0.1, 0.15) is 62.7 Å². The summed E-state index contributed by atoms with van der Waals surface area (Å²) in [7, 11) is 0. The minimum Gasteiger partial charge on any atom is -0.480 e. The second-order valence-electron chi connectivity index (χ2n) is 7.74. The third-order valence-corrected chi connectivity index (χ3v) is 4.82. The Hall–Kier alpha value is -3.47. The van der Waals surface area contributed by atoms with Gasteiger partial charge in [-0.1, -0.05) is 57.7 Å². The zero-order valence-electron chi connectivity index (χ0n) is 19.5. The fourth-order valence-electron chi connectivity index (χ4n) is 3.00. The van der Waals surface area contributed by atoms with Crippen molar-refractivity contribution in [2.24, 2.45) is 0 Å². The lowest BCUT2D eigenvalue weighted by molar-refractivity contribution is -0.153. The van der Waals surface area contributed by atoms with Gasteiger partial charge in [0.05, 0.1) is 5.56 Å². The number of benzene rings is 1. The first-order valence-electron chi connectivity index (χ1n) is 11.2. The third-order valence-electron chi connectivity index (χ3n) is 4.82. The van der Waals surface area contributed by atoms with E-state index in [0.29, 0.717) is 12.8 Å². The van der Waals surface area contributed by atoms with Gasteiger partial charge < -0.3 is 25.7 Å². The van der Waals surface area contributed by atoms with Crippen molar-refractivity contribution in [2.75, 3.05) is 13.1 Å². The minimum absolute atomic E-state index is 0.172. The normalized spacial score (nSPS) is 12.4. The van der Waals surface area contributed by atoms with Crippen LogP contribution in [-0.2, 0) is 24.0 Å². The molecule has 2 atom stereocenters. The Morgan fingerprint density at radius 2 is 1.26 bits per heavy atom. The highest BCUT2D eigenvalue weighted by molar-refractivity contribution is 5.90. The molecule has 0 aliphatic carbocycles. The lowest BCUT2D eigenvalue weighted by Crippen LogP contribution is -2.50. The molecule has 11 nitrogen and oxygen atoms in total. The van der Waals surface area contributed by atoms with Gasteiger partial charge in [-0.05, 0) is 25.0 Å². The Labute approximate surface area is 198 Å². The van der Waals surface area contributed by atoms with Gasteiger partial charge in [-0.3, -0.25) is 9.59 Å². The van der Waals surface area contributed by atoms with E-state index >= 15 is 0 Å². The molecule has 0 heterocycles. The summed E-state index contributed by atoms with van der Waals surface area (Å²) < 4.78 is 0. The van der Waals surface area contributed by atoms with Crippen molar-refractivity contribution in [2.45, 2.75) is 64.5 Å². The van der Waals surface area contributed by atoms with E-state index in [1.807, 2.05) is 13.8 Å². The first-order chi connectivity index (χ1) is 16.2. The van der Waals surface area contributed by atoms with Gasteiger partial charge >= 0.3 is 17.9 Å².